The highest BCUT2D eigenvalue weighted by atomic mass is 16.6. The first-order chi connectivity index (χ1) is 14.5. The molecule has 2 aromatic rings. The number of carbonyl (C=O) groups excluding carboxylic acids is 2. The van der Waals surface area contributed by atoms with E-state index in [1.54, 1.807) is 12.1 Å². The number of anilines is 1. The van der Waals surface area contributed by atoms with Gasteiger partial charge < -0.3 is 15.0 Å². The summed E-state index contributed by atoms with van der Waals surface area (Å²) < 4.78 is 5.31. The predicted octanol–water partition coefficient (Wildman–Crippen LogP) is 2.52. The lowest BCUT2D eigenvalue weighted by Gasteiger charge is -2.28. The van der Waals surface area contributed by atoms with Gasteiger partial charge in [-0.3, -0.25) is 19.8 Å². The van der Waals surface area contributed by atoms with E-state index in [1.807, 2.05) is 35.2 Å². The number of imide groups is 1. The van der Waals surface area contributed by atoms with Gasteiger partial charge in [-0.05, 0) is 23.3 Å². The highest BCUT2D eigenvalue weighted by Gasteiger charge is 2.33. The molecule has 9 heteroatoms. The molecular weight excluding hydrogens is 388 g/mol. The maximum Gasteiger partial charge on any atom is 0.329 e. The number of benzene rings is 2. The standard InChI is InChI=1S/C21H20N4O5/c26-20-17(22-21(27)24(20)14-15-4-2-1-3-5-15)12-16-6-7-18(19(13-16)25(28)29)23-8-10-30-11-9-23/h1-7,12-13H,8-11,14H2,(H,22,27)/b17-12-. The van der Waals surface area contributed by atoms with E-state index < -0.39 is 16.9 Å². The van der Waals surface area contributed by atoms with Crippen LogP contribution in [0.15, 0.2) is 54.2 Å². The van der Waals surface area contributed by atoms with Crippen molar-refractivity contribution in [1.82, 2.24) is 10.2 Å². The van der Waals surface area contributed by atoms with Crippen LogP contribution in [0, 0.1) is 10.1 Å². The van der Waals surface area contributed by atoms with Crippen LogP contribution in [0.25, 0.3) is 6.08 Å². The van der Waals surface area contributed by atoms with Crippen LogP contribution < -0.4 is 10.2 Å². The van der Waals surface area contributed by atoms with Crippen molar-refractivity contribution in [3.8, 4) is 0 Å². The Balaban J connectivity index is 1.58. The van der Waals surface area contributed by atoms with Crippen molar-refractivity contribution in [2.24, 2.45) is 0 Å². The number of nitrogens with zero attached hydrogens (tertiary/aromatic N) is 3. The summed E-state index contributed by atoms with van der Waals surface area (Å²) in [7, 11) is 0. The van der Waals surface area contributed by atoms with Crippen LogP contribution in [0.5, 0.6) is 0 Å². The molecular formula is C21H20N4O5. The van der Waals surface area contributed by atoms with Crippen molar-refractivity contribution in [3.05, 3.63) is 75.5 Å². The summed E-state index contributed by atoms with van der Waals surface area (Å²) in [5, 5.41) is 14.2. The van der Waals surface area contributed by atoms with Crippen LogP contribution >= 0.6 is 0 Å². The smallest absolute Gasteiger partial charge is 0.329 e. The van der Waals surface area contributed by atoms with Crippen LogP contribution in [0.4, 0.5) is 16.2 Å². The molecule has 3 amide bonds. The number of morpholine rings is 1. The van der Waals surface area contributed by atoms with Crippen LogP contribution in [-0.2, 0) is 16.1 Å². The van der Waals surface area contributed by atoms with E-state index in [9.17, 15) is 19.7 Å². The largest absolute Gasteiger partial charge is 0.378 e. The van der Waals surface area contributed by atoms with Crippen LogP contribution in [0.1, 0.15) is 11.1 Å². The SMILES string of the molecule is O=C1N/C(=C\c2ccc(N3CCOCC3)c([N+](=O)[O-])c2)C(=O)N1Cc1ccccc1. The van der Waals surface area contributed by atoms with Gasteiger partial charge in [0.25, 0.3) is 11.6 Å². The molecule has 0 spiro atoms. The number of nitro groups is 1. The highest BCUT2D eigenvalue weighted by Crippen LogP contribution is 2.31. The van der Waals surface area contributed by atoms with Gasteiger partial charge >= 0.3 is 6.03 Å². The Morgan fingerprint density at radius 3 is 2.53 bits per heavy atom. The van der Waals surface area contributed by atoms with Gasteiger partial charge in [-0.25, -0.2) is 4.79 Å². The molecule has 0 radical (unpaired) electrons. The minimum absolute atomic E-state index is 0.0517. The van der Waals surface area contributed by atoms with Gasteiger partial charge in [-0.15, -0.1) is 0 Å². The normalized spacial score (nSPS) is 18.1. The molecule has 1 N–H and O–H groups in total. The van der Waals surface area contributed by atoms with E-state index in [4.69, 9.17) is 4.74 Å². The van der Waals surface area contributed by atoms with Gasteiger partial charge in [0.05, 0.1) is 24.7 Å². The Labute approximate surface area is 172 Å². The molecule has 0 aliphatic carbocycles. The molecule has 0 atom stereocenters. The van der Waals surface area contributed by atoms with Gasteiger partial charge in [-0.2, -0.15) is 0 Å². The number of nitro benzene ring substituents is 1. The van der Waals surface area contributed by atoms with Crippen LogP contribution in [-0.4, -0.2) is 48.1 Å². The van der Waals surface area contributed by atoms with E-state index in [0.717, 1.165) is 10.5 Å². The molecule has 2 fully saturated rings. The molecule has 2 saturated heterocycles. The monoisotopic (exact) mass is 408 g/mol. The molecule has 0 aromatic heterocycles. The number of rotatable bonds is 5. The van der Waals surface area contributed by atoms with Gasteiger partial charge in [0.2, 0.25) is 0 Å². The molecule has 0 saturated carbocycles. The Morgan fingerprint density at radius 2 is 1.83 bits per heavy atom. The van der Waals surface area contributed by atoms with E-state index in [0.29, 0.717) is 37.6 Å². The molecule has 2 aromatic carbocycles. The fourth-order valence-electron chi connectivity index (χ4n) is 3.50. The number of hydrogen-bond donors (Lipinski definition) is 1. The van der Waals surface area contributed by atoms with Crippen molar-refractivity contribution in [2.45, 2.75) is 6.54 Å². The molecule has 2 aliphatic heterocycles. The number of urea groups is 1. The van der Waals surface area contributed by atoms with Gasteiger partial charge in [0.1, 0.15) is 11.4 Å². The molecule has 2 aliphatic rings. The third-order valence-electron chi connectivity index (χ3n) is 5.00. The molecule has 4 rings (SSSR count). The zero-order valence-electron chi connectivity index (χ0n) is 16.1. The zero-order chi connectivity index (χ0) is 21.1. The maximum absolute atomic E-state index is 12.7. The Bertz CT molecular complexity index is 1020. The van der Waals surface area contributed by atoms with Crippen molar-refractivity contribution in [3.63, 3.8) is 0 Å². The van der Waals surface area contributed by atoms with Crippen molar-refractivity contribution < 1.29 is 19.2 Å². The van der Waals surface area contributed by atoms with E-state index in [-0.39, 0.29) is 17.9 Å². The summed E-state index contributed by atoms with van der Waals surface area (Å²) in [5.74, 6) is -0.469. The molecule has 154 valence electrons. The lowest BCUT2D eigenvalue weighted by molar-refractivity contribution is -0.384. The summed E-state index contributed by atoms with van der Waals surface area (Å²) in [5.41, 5.74) is 1.84. The summed E-state index contributed by atoms with van der Waals surface area (Å²) in [6.07, 6.45) is 1.46. The number of carbonyl (C=O) groups is 2. The van der Waals surface area contributed by atoms with E-state index in [2.05, 4.69) is 5.32 Å². The molecule has 30 heavy (non-hydrogen) atoms. The van der Waals surface area contributed by atoms with Crippen LogP contribution in [0.2, 0.25) is 0 Å². The molecule has 0 bridgehead atoms. The summed E-state index contributed by atoms with van der Waals surface area (Å²) in [6.45, 7) is 2.33. The number of ether oxygens (including phenoxy) is 1. The summed E-state index contributed by atoms with van der Waals surface area (Å²) in [6, 6.07) is 13.4. The fourth-order valence-corrected chi connectivity index (χ4v) is 3.50. The van der Waals surface area contributed by atoms with E-state index in [1.165, 1.54) is 12.1 Å². The second kappa shape index (κ2) is 8.34. The lowest BCUT2D eigenvalue weighted by Crippen LogP contribution is -2.36. The van der Waals surface area contributed by atoms with Gasteiger partial charge in [-0.1, -0.05) is 36.4 Å². The first kappa shape index (κ1) is 19.6. The molecule has 2 heterocycles. The molecule has 9 nitrogen and oxygen atoms in total. The number of hydrogen-bond acceptors (Lipinski definition) is 6. The average Bonchev–Trinajstić information content (AvgIpc) is 3.02. The quantitative estimate of drug-likeness (QED) is 0.353. The Hall–Kier alpha value is -3.72. The lowest BCUT2D eigenvalue weighted by atomic mass is 10.1. The maximum atomic E-state index is 12.7. The fraction of sp³-hybridized carbons (Fsp3) is 0.238. The molecule has 0 unspecified atom stereocenters. The van der Waals surface area contributed by atoms with Gasteiger partial charge in [0.15, 0.2) is 0 Å². The Morgan fingerprint density at radius 1 is 1.10 bits per heavy atom. The second-order valence-electron chi connectivity index (χ2n) is 6.97. The first-order valence-corrected chi connectivity index (χ1v) is 9.52. The Kier molecular flexibility index (Phi) is 5.44. The number of amides is 3. The first-order valence-electron chi connectivity index (χ1n) is 9.52. The van der Waals surface area contributed by atoms with Crippen molar-refractivity contribution in [1.29, 1.82) is 0 Å². The topological polar surface area (TPSA) is 105 Å². The summed E-state index contributed by atoms with van der Waals surface area (Å²) in [4.78, 5) is 39.1. The predicted molar refractivity (Wildman–Crippen MR) is 110 cm³/mol. The average molecular weight is 408 g/mol. The minimum atomic E-state index is -0.519. The van der Waals surface area contributed by atoms with Crippen molar-refractivity contribution >= 4 is 29.4 Å². The third kappa shape index (κ3) is 4.01. The minimum Gasteiger partial charge on any atom is -0.378 e. The summed E-state index contributed by atoms with van der Waals surface area (Å²) >= 11 is 0. The van der Waals surface area contributed by atoms with E-state index >= 15 is 0 Å². The zero-order valence-corrected chi connectivity index (χ0v) is 16.1. The van der Waals surface area contributed by atoms with Crippen molar-refractivity contribution in [2.75, 3.05) is 31.2 Å². The van der Waals surface area contributed by atoms with Gasteiger partial charge in [0, 0.05) is 19.2 Å². The highest BCUT2D eigenvalue weighted by molar-refractivity contribution is 6.13. The number of nitrogens with one attached hydrogen (secondary N) is 1. The second-order valence-corrected chi connectivity index (χ2v) is 6.97. The third-order valence-corrected chi connectivity index (χ3v) is 5.00. The van der Waals surface area contributed by atoms with Crippen LogP contribution in [0.3, 0.4) is 0 Å².